The van der Waals surface area contributed by atoms with Crippen molar-refractivity contribution < 1.29 is 22.7 Å². The molecule has 10 heteroatoms. The highest BCUT2D eigenvalue weighted by Crippen LogP contribution is 2.37. The highest BCUT2D eigenvalue weighted by atomic mass is 19.4. The number of nitrogens with zero attached hydrogens (tertiary/aromatic N) is 3. The third-order valence-corrected chi connectivity index (χ3v) is 6.63. The van der Waals surface area contributed by atoms with Gasteiger partial charge in [-0.2, -0.15) is 13.2 Å². The number of alkyl halides is 3. The van der Waals surface area contributed by atoms with Gasteiger partial charge in [0.25, 0.3) is 11.5 Å². The Balaban J connectivity index is 1.62. The number of benzene rings is 2. The predicted molar refractivity (Wildman–Crippen MR) is 136 cm³/mol. The van der Waals surface area contributed by atoms with Gasteiger partial charge in [0, 0.05) is 36.9 Å². The van der Waals surface area contributed by atoms with Crippen LogP contribution in [-0.4, -0.2) is 45.7 Å². The number of carbonyl (C=O) groups is 1. The molecule has 198 valence electrons. The van der Waals surface area contributed by atoms with Crippen LogP contribution in [0.5, 0.6) is 0 Å². The van der Waals surface area contributed by atoms with Crippen molar-refractivity contribution >= 4 is 22.5 Å². The van der Waals surface area contributed by atoms with Gasteiger partial charge in [0.1, 0.15) is 5.82 Å². The first-order valence-corrected chi connectivity index (χ1v) is 12.3. The largest absolute Gasteiger partial charge is 0.416 e. The zero-order valence-corrected chi connectivity index (χ0v) is 21.5. The molecule has 1 aliphatic heterocycles. The lowest BCUT2D eigenvalue weighted by atomic mass is 9.98. The summed E-state index contributed by atoms with van der Waals surface area (Å²) >= 11 is 0. The summed E-state index contributed by atoms with van der Waals surface area (Å²) in [5, 5.41) is 3.22. The van der Waals surface area contributed by atoms with Crippen LogP contribution in [0.15, 0.2) is 41.2 Å². The molecular weight excluding hydrogens is 485 g/mol. The zero-order valence-electron chi connectivity index (χ0n) is 21.5. The number of ether oxygens (including phenoxy) is 1. The quantitative estimate of drug-likeness (QED) is 0.507. The van der Waals surface area contributed by atoms with E-state index in [-0.39, 0.29) is 40.1 Å². The summed E-state index contributed by atoms with van der Waals surface area (Å²) in [5.41, 5.74) is -0.214. The number of halogens is 3. The minimum absolute atomic E-state index is 0.0186. The van der Waals surface area contributed by atoms with Gasteiger partial charge in [-0.1, -0.05) is 0 Å². The maximum absolute atomic E-state index is 14.0. The molecule has 0 saturated carbocycles. The molecule has 4 rings (SSSR count). The van der Waals surface area contributed by atoms with Crippen molar-refractivity contribution in [3.05, 3.63) is 69.3 Å². The first-order valence-electron chi connectivity index (χ1n) is 12.3. The first kappa shape index (κ1) is 26.7. The number of nitrogens with one attached hydrogen (secondary N) is 1. The Morgan fingerprint density at radius 2 is 1.78 bits per heavy atom. The molecule has 2 aromatic carbocycles. The highest BCUT2D eigenvalue weighted by molar-refractivity contribution is 5.94. The molecular formula is C27H31F3N4O3. The minimum Gasteiger partial charge on any atom is -0.379 e. The van der Waals surface area contributed by atoms with E-state index < -0.39 is 17.8 Å². The van der Waals surface area contributed by atoms with E-state index in [0.717, 1.165) is 6.07 Å². The van der Waals surface area contributed by atoms with Crippen LogP contribution in [0, 0.1) is 6.92 Å². The lowest BCUT2D eigenvalue weighted by Gasteiger charge is -2.35. The number of aryl methyl sites for hydroxylation is 1. The number of hydrogen-bond donors (Lipinski definition) is 1. The van der Waals surface area contributed by atoms with E-state index in [9.17, 15) is 22.8 Å². The van der Waals surface area contributed by atoms with Crippen LogP contribution in [0.3, 0.4) is 0 Å². The molecule has 7 nitrogen and oxygen atoms in total. The average molecular weight is 517 g/mol. The van der Waals surface area contributed by atoms with E-state index in [0.29, 0.717) is 36.7 Å². The van der Waals surface area contributed by atoms with Gasteiger partial charge < -0.3 is 15.0 Å². The summed E-state index contributed by atoms with van der Waals surface area (Å²) in [4.78, 5) is 31.8. The molecule has 1 fully saturated rings. The Bertz CT molecular complexity index is 1360. The van der Waals surface area contributed by atoms with Crippen molar-refractivity contribution in [3.8, 4) is 0 Å². The van der Waals surface area contributed by atoms with Crippen LogP contribution in [0.1, 0.15) is 61.0 Å². The van der Waals surface area contributed by atoms with Crippen molar-refractivity contribution in [1.82, 2.24) is 14.5 Å². The van der Waals surface area contributed by atoms with E-state index in [1.807, 2.05) is 13.8 Å². The maximum atomic E-state index is 14.0. The molecule has 3 aromatic rings. The molecule has 37 heavy (non-hydrogen) atoms. The number of amides is 1. The van der Waals surface area contributed by atoms with E-state index >= 15 is 0 Å². The third kappa shape index (κ3) is 5.49. The molecule has 1 N–H and O–H groups in total. The molecule has 0 bridgehead atoms. The molecule has 0 unspecified atom stereocenters. The fraction of sp³-hybridized carbons (Fsp3) is 0.444. The maximum Gasteiger partial charge on any atom is 0.416 e. The van der Waals surface area contributed by atoms with Crippen LogP contribution in [0.4, 0.5) is 18.9 Å². The Morgan fingerprint density at radius 1 is 1.16 bits per heavy atom. The summed E-state index contributed by atoms with van der Waals surface area (Å²) in [7, 11) is 0. The molecule has 1 aromatic heterocycles. The Hall–Kier alpha value is -3.40. The second-order valence-corrected chi connectivity index (χ2v) is 9.57. The molecule has 3 atom stereocenters. The van der Waals surface area contributed by atoms with Crippen LogP contribution >= 0.6 is 0 Å². The number of rotatable bonds is 5. The second-order valence-electron chi connectivity index (χ2n) is 9.57. The smallest absolute Gasteiger partial charge is 0.379 e. The van der Waals surface area contributed by atoms with Gasteiger partial charge in [-0.15, -0.1) is 0 Å². The molecule has 1 saturated heterocycles. The van der Waals surface area contributed by atoms with Gasteiger partial charge in [0.05, 0.1) is 28.7 Å². The Kier molecular flexibility index (Phi) is 7.32. The first-order chi connectivity index (χ1) is 17.4. The Morgan fingerprint density at radius 3 is 2.35 bits per heavy atom. The number of aromatic nitrogens is 2. The van der Waals surface area contributed by atoms with E-state index in [4.69, 9.17) is 4.74 Å². The highest BCUT2D eigenvalue weighted by Gasteiger charge is 2.35. The van der Waals surface area contributed by atoms with E-state index in [1.54, 1.807) is 49.9 Å². The summed E-state index contributed by atoms with van der Waals surface area (Å²) in [6.07, 6.45) is -4.74. The SMILES string of the molecule is CCn1c(C)nc2cc(C(F)(F)F)c([C@H](C)Nc3ccc(C(=O)N4C[C@@H](C)O[C@@H](C)C4)cc3)cc2c1=O. The fourth-order valence-electron chi connectivity index (χ4n) is 4.94. The normalized spacial score (nSPS) is 19.2. The van der Waals surface area contributed by atoms with Crippen LogP contribution in [0.2, 0.25) is 0 Å². The van der Waals surface area contributed by atoms with Crippen LogP contribution < -0.4 is 10.9 Å². The third-order valence-electron chi connectivity index (χ3n) is 6.63. The minimum atomic E-state index is -4.63. The van der Waals surface area contributed by atoms with Gasteiger partial charge in [-0.05, 0) is 76.6 Å². The number of morpholine rings is 1. The molecule has 2 heterocycles. The standard InChI is InChI=1S/C27H31F3N4O3/c1-6-34-18(5)32-24-12-23(27(28,29)30)21(11-22(24)26(34)36)17(4)31-20-9-7-19(8-10-20)25(35)33-13-15(2)37-16(3)14-33/h7-12,15-17,31H,6,13-14H2,1-5H3/t15-,16+,17-/m0/s1. The lowest BCUT2D eigenvalue weighted by Crippen LogP contribution is -2.48. The van der Waals surface area contributed by atoms with Gasteiger partial charge in [-0.3, -0.25) is 14.2 Å². The summed E-state index contributed by atoms with van der Waals surface area (Å²) < 4.78 is 49.1. The van der Waals surface area contributed by atoms with Crippen LogP contribution in [0.25, 0.3) is 10.9 Å². The zero-order chi connectivity index (χ0) is 27.1. The summed E-state index contributed by atoms with van der Waals surface area (Å²) in [6.45, 7) is 10.2. The number of carbonyl (C=O) groups excluding carboxylic acids is 1. The molecule has 0 spiro atoms. The molecule has 1 aliphatic rings. The van der Waals surface area contributed by atoms with Gasteiger partial charge in [0.15, 0.2) is 0 Å². The predicted octanol–water partition coefficient (Wildman–Crippen LogP) is 5.17. The molecule has 0 aliphatic carbocycles. The fourth-order valence-corrected chi connectivity index (χ4v) is 4.94. The molecule has 0 radical (unpaired) electrons. The molecule has 1 amide bonds. The van der Waals surface area contributed by atoms with Crippen molar-refractivity contribution in [2.45, 2.75) is 65.6 Å². The number of hydrogen-bond acceptors (Lipinski definition) is 5. The topological polar surface area (TPSA) is 76.5 Å². The summed E-state index contributed by atoms with van der Waals surface area (Å²) in [5.74, 6) is 0.244. The van der Waals surface area contributed by atoms with Crippen molar-refractivity contribution in [1.29, 1.82) is 0 Å². The summed E-state index contributed by atoms with van der Waals surface area (Å²) in [6, 6.07) is 8.10. The van der Waals surface area contributed by atoms with E-state index in [1.165, 1.54) is 10.6 Å². The Labute approximate surface area is 213 Å². The van der Waals surface area contributed by atoms with Gasteiger partial charge in [-0.25, -0.2) is 4.98 Å². The van der Waals surface area contributed by atoms with Crippen LogP contribution in [-0.2, 0) is 17.5 Å². The lowest BCUT2D eigenvalue weighted by molar-refractivity contribution is -0.138. The van der Waals surface area contributed by atoms with Gasteiger partial charge in [0.2, 0.25) is 0 Å². The van der Waals surface area contributed by atoms with E-state index in [2.05, 4.69) is 10.3 Å². The van der Waals surface area contributed by atoms with Crippen molar-refractivity contribution in [3.63, 3.8) is 0 Å². The van der Waals surface area contributed by atoms with Crippen molar-refractivity contribution in [2.75, 3.05) is 18.4 Å². The van der Waals surface area contributed by atoms with Gasteiger partial charge >= 0.3 is 6.18 Å². The number of anilines is 1. The van der Waals surface area contributed by atoms with Crippen molar-refractivity contribution in [2.24, 2.45) is 0 Å². The second kappa shape index (κ2) is 10.2. The average Bonchev–Trinajstić information content (AvgIpc) is 2.82. The number of fused-ring (bicyclic) bond motifs is 1. The monoisotopic (exact) mass is 516 g/mol.